The molecule has 1 aliphatic heterocycles. The fourth-order valence-electron chi connectivity index (χ4n) is 2.50. The molecule has 1 aromatic carbocycles. The second-order valence-electron chi connectivity index (χ2n) is 4.83. The highest BCUT2D eigenvalue weighted by Gasteiger charge is 2.16. The average Bonchev–Trinajstić information content (AvgIpc) is 2.67. The molecule has 0 saturated carbocycles. The lowest BCUT2D eigenvalue weighted by atomic mass is 10.1. The summed E-state index contributed by atoms with van der Waals surface area (Å²) in [6.45, 7) is 16.1. The van der Waals surface area contributed by atoms with Gasteiger partial charge in [-0.25, -0.2) is 0 Å². The van der Waals surface area contributed by atoms with E-state index in [1.165, 1.54) is 0 Å². The van der Waals surface area contributed by atoms with Crippen LogP contribution in [-0.4, -0.2) is 43.1 Å². The molecule has 0 atom stereocenters. The number of hydrogen-bond donors (Lipinski definition) is 1. The van der Waals surface area contributed by atoms with Gasteiger partial charge in [0.25, 0.3) is 0 Å². The molecular weight excluding hydrogens is 298 g/mol. The van der Waals surface area contributed by atoms with Gasteiger partial charge in [-0.15, -0.1) is 0 Å². The van der Waals surface area contributed by atoms with Crippen LogP contribution < -0.4 is 10.3 Å². The number of aromatic amines is 1. The number of H-pyrrole nitrogens is 1. The van der Waals surface area contributed by atoms with E-state index in [1.54, 1.807) is 12.3 Å². The van der Waals surface area contributed by atoms with Gasteiger partial charge in [-0.3, -0.25) is 4.79 Å². The highest BCUT2D eigenvalue weighted by Crippen LogP contribution is 2.23. The molecule has 3 rings (SSSR count). The molecule has 0 bridgehead atoms. The van der Waals surface area contributed by atoms with Crippen molar-refractivity contribution in [1.29, 1.82) is 0 Å². The van der Waals surface area contributed by atoms with E-state index in [0.29, 0.717) is 0 Å². The molecule has 1 aliphatic rings. The van der Waals surface area contributed by atoms with E-state index in [-0.39, 0.29) is 5.43 Å². The Balaban J connectivity index is 0.000000798. The molecule has 4 nitrogen and oxygen atoms in total. The van der Waals surface area contributed by atoms with Gasteiger partial charge < -0.3 is 14.8 Å². The molecule has 0 radical (unpaired) electrons. The first kappa shape index (κ1) is 22.2. The number of rotatable bonds is 1. The SMILES string of the molecule is CC.CC.CC.CN1CCN(c2cccc3c(=O)cc[nH]c23)CC1. The summed E-state index contributed by atoms with van der Waals surface area (Å²) in [6, 6.07) is 7.51. The number of likely N-dealkylation sites (N-methyl/N-ethyl adjacent to an activating group) is 1. The molecule has 24 heavy (non-hydrogen) atoms. The van der Waals surface area contributed by atoms with Crippen molar-refractivity contribution in [3.63, 3.8) is 0 Å². The zero-order chi connectivity index (χ0) is 18.5. The summed E-state index contributed by atoms with van der Waals surface area (Å²) >= 11 is 0. The third-order valence-corrected chi connectivity index (χ3v) is 3.61. The van der Waals surface area contributed by atoms with E-state index < -0.39 is 0 Å². The van der Waals surface area contributed by atoms with Crippen molar-refractivity contribution in [2.75, 3.05) is 38.1 Å². The van der Waals surface area contributed by atoms with Crippen molar-refractivity contribution in [2.24, 2.45) is 0 Å². The van der Waals surface area contributed by atoms with Gasteiger partial charge in [-0.1, -0.05) is 47.6 Å². The number of fused-ring (bicyclic) bond motifs is 1. The lowest BCUT2D eigenvalue weighted by molar-refractivity contribution is 0.313. The Morgan fingerprint density at radius 3 is 2.04 bits per heavy atom. The predicted octanol–water partition coefficient (Wildman–Crippen LogP) is 4.36. The molecule has 1 N–H and O–H groups in total. The summed E-state index contributed by atoms with van der Waals surface area (Å²) in [5.74, 6) is 0. The zero-order valence-electron chi connectivity index (χ0n) is 16.5. The first-order valence-electron chi connectivity index (χ1n) is 9.29. The fourth-order valence-corrected chi connectivity index (χ4v) is 2.50. The summed E-state index contributed by atoms with van der Waals surface area (Å²) < 4.78 is 0. The summed E-state index contributed by atoms with van der Waals surface area (Å²) in [6.07, 6.45) is 1.73. The third-order valence-electron chi connectivity index (χ3n) is 3.61. The highest BCUT2D eigenvalue weighted by molar-refractivity contribution is 5.90. The van der Waals surface area contributed by atoms with Crippen molar-refractivity contribution < 1.29 is 0 Å². The van der Waals surface area contributed by atoms with Crippen molar-refractivity contribution in [3.8, 4) is 0 Å². The van der Waals surface area contributed by atoms with Crippen LogP contribution in [0.3, 0.4) is 0 Å². The highest BCUT2D eigenvalue weighted by atomic mass is 16.1. The van der Waals surface area contributed by atoms with Crippen LogP contribution in [0.4, 0.5) is 5.69 Å². The molecule has 1 fully saturated rings. The Kier molecular flexibility index (Phi) is 11.6. The van der Waals surface area contributed by atoms with Crippen LogP contribution in [0, 0.1) is 0 Å². The molecule has 0 amide bonds. The van der Waals surface area contributed by atoms with Crippen LogP contribution in [0.25, 0.3) is 10.9 Å². The largest absolute Gasteiger partial charge is 0.367 e. The van der Waals surface area contributed by atoms with E-state index in [1.807, 2.05) is 53.7 Å². The molecular formula is C20H35N3O. The number of piperazine rings is 1. The van der Waals surface area contributed by atoms with Crippen molar-refractivity contribution in [3.05, 3.63) is 40.7 Å². The van der Waals surface area contributed by atoms with Crippen molar-refractivity contribution in [2.45, 2.75) is 41.5 Å². The lowest BCUT2D eigenvalue weighted by Crippen LogP contribution is -2.44. The normalized spacial score (nSPS) is 13.7. The molecule has 1 saturated heterocycles. The van der Waals surface area contributed by atoms with E-state index in [2.05, 4.69) is 27.9 Å². The standard InChI is InChI=1S/C14H17N3O.3C2H6/c1-16-7-9-17(10-8-16)12-4-2-3-11-13(18)5-6-15-14(11)12;3*1-2/h2-6H,7-10H2,1H3,(H,15,18);3*1-2H3. The average molecular weight is 334 g/mol. The first-order valence-corrected chi connectivity index (χ1v) is 9.29. The van der Waals surface area contributed by atoms with Crippen LogP contribution in [0.2, 0.25) is 0 Å². The Labute approximate surface area is 147 Å². The van der Waals surface area contributed by atoms with E-state index in [0.717, 1.165) is 42.8 Å². The van der Waals surface area contributed by atoms with Gasteiger partial charge in [0.1, 0.15) is 0 Å². The monoisotopic (exact) mass is 333 g/mol. The summed E-state index contributed by atoms with van der Waals surface area (Å²) in [5, 5.41) is 0.772. The van der Waals surface area contributed by atoms with Gasteiger partial charge >= 0.3 is 0 Å². The molecule has 0 spiro atoms. The minimum atomic E-state index is 0.0831. The number of nitrogens with one attached hydrogen (secondary N) is 1. The van der Waals surface area contributed by atoms with E-state index in [4.69, 9.17) is 0 Å². The number of anilines is 1. The number of pyridine rings is 1. The first-order chi connectivity index (χ1) is 11.8. The molecule has 136 valence electrons. The summed E-state index contributed by atoms with van der Waals surface area (Å²) in [5.41, 5.74) is 2.17. The zero-order valence-corrected chi connectivity index (χ0v) is 16.5. The third kappa shape index (κ3) is 5.68. The quantitative estimate of drug-likeness (QED) is 0.843. The van der Waals surface area contributed by atoms with Gasteiger partial charge in [0.05, 0.1) is 11.2 Å². The van der Waals surface area contributed by atoms with Crippen LogP contribution in [0.1, 0.15) is 41.5 Å². The van der Waals surface area contributed by atoms with E-state index >= 15 is 0 Å². The van der Waals surface area contributed by atoms with Crippen LogP contribution in [-0.2, 0) is 0 Å². The summed E-state index contributed by atoms with van der Waals surface area (Å²) in [4.78, 5) is 19.7. The number of nitrogens with zero attached hydrogens (tertiary/aromatic N) is 2. The van der Waals surface area contributed by atoms with Gasteiger partial charge in [-0.2, -0.15) is 0 Å². The number of aromatic nitrogens is 1. The molecule has 0 aliphatic carbocycles. The smallest absolute Gasteiger partial charge is 0.189 e. The minimum Gasteiger partial charge on any atom is -0.367 e. The van der Waals surface area contributed by atoms with Crippen LogP contribution >= 0.6 is 0 Å². The Morgan fingerprint density at radius 1 is 0.875 bits per heavy atom. The molecule has 1 aromatic heterocycles. The van der Waals surface area contributed by atoms with Crippen molar-refractivity contribution in [1.82, 2.24) is 9.88 Å². The predicted molar refractivity (Wildman–Crippen MR) is 108 cm³/mol. The van der Waals surface area contributed by atoms with Gasteiger partial charge in [-0.05, 0) is 19.2 Å². The number of hydrogen-bond acceptors (Lipinski definition) is 3. The molecule has 0 unspecified atom stereocenters. The minimum absolute atomic E-state index is 0.0831. The number of benzene rings is 1. The Morgan fingerprint density at radius 2 is 1.46 bits per heavy atom. The Bertz CT molecular complexity index is 614. The van der Waals surface area contributed by atoms with Crippen molar-refractivity contribution >= 4 is 16.6 Å². The summed E-state index contributed by atoms with van der Waals surface area (Å²) in [7, 11) is 2.14. The second-order valence-corrected chi connectivity index (χ2v) is 4.83. The second kappa shape index (κ2) is 12.6. The van der Waals surface area contributed by atoms with Gasteiger partial charge in [0, 0.05) is 43.8 Å². The topological polar surface area (TPSA) is 39.3 Å². The van der Waals surface area contributed by atoms with Gasteiger partial charge in [0.2, 0.25) is 0 Å². The maximum Gasteiger partial charge on any atom is 0.189 e. The van der Waals surface area contributed by atoms with Gasteiger partial charge in [0.15, 0.2) is 5.43 Å². The maximum atomic E-state index is 11.8. The number of para-hydroxylation sites is 1. The Hall–Kier alpha value is -1.81. The molecule has 4 heteroatoms. The fraction of sp³-hybridized carbons (Fsp3) is 0.550. The van der Waals surface area contributed by atoms with Crippen LogP contribution in [0.15, 0.2) is 35.3 Å². The van der Waals surface area contributed by atoms with Crippen LogP contribution in [0.5, 0.6) is 0 Å². The lowest BCUT2D eigenvalue weighted by Gasteiger charge is -2.34. The van der Waals surface area contributed by atoms with E-state index in [9.17, 15) is 4.79 Å². The maximum absolute atomic E-state index is 11.8. The molecule has 2 aromatic rings. The molecule has 2 heterocycles.